The molecule has 24 heavy (non-hydrogen) atoms. The molecule has 1 N–H and O–H groups in total. The minimum Gasteiger partial charge on any atom is -0.382 e. The van der Waals surface area contributed by atoms with Gasteiger partial charge in [-0.2, -0.15) is 13.2 Å². The van der Waals surface area contributed by atoms with Crippen LogP contribution >= 0.6 is 0 Å². The van der Waals surface area contributed by atoms with Crippen molar-refractivity contribution < 1.29 is 17.9 Å². The maximum absolute atomic E-state index is 12.7. The SMILES string of the molecule is CC.Cc1cc2c(NC3CCOCC3)cccc2n1CC(F)(F)F. The van der Waals surface area contributed by atoms with Crippen molar-refractivity contribution in [3.8, 4) is 0 Å². The lowest BCUT2D eigenvalue weighted by molar-refractivity contribution is -0.140. The van der Waals surface area contributed by atoms with Crippen LogP contribution in [-0.4, -0.2) is 30.0 Å². The van der Waals surface area contributed by atoms with Crippen LogP contribution in [0.1, 0.15) is 32.4 Å². The molecule has 134 valence electrons. The van der Waals surface area contributed by atoms with Gasteiger partial charge in [0.15, 0.2) is 0 Å². The fraction of sp³-hybridized carbons (Fsp3) is 0.556. The molecule has 0 radical (unpaired) electrons. The molecule has 2 heterocycles. The Balaban J connectivity index is 0.00000100. The van der Waals surface area contributed by atoms with Gasteiger partial charge < -0.3 is 14.6 Å². The van der Waals surface area contributed by atoms with E-state index in [1.807, 2.05) is 26.0 Å². The number of hydrogen-bond donors (Lipinski definition) is 1. The number of nitrogens with zero attached hydrogens (tertiary/aromatic N) is 1. The molecule has 0 aliphatic carbocycles. The predicted octanol–water partition coefficient (Wildman–Crippen LogP) is 5.13. The van der Waals surface area contributed by atoms with Crippen LogP contribution in [0.3, 0.4) is 0 Å². The molecule has 0 amide bonds. The minimum atomic E-state index is -4.22. The highest BCUT2D eigenvalue weighted by molar-refractivity contribution is 5.93. The fourth-order valence-electron chi connectivity index (χ4n) is 2.99. The lowest BCUT2D eigenvalue weighted by Crippen LogP contribution is -2.27. The summed E-state index contributed by atoms with van der Waals surface area (Å²) in [7, 11) is 0. The third-order valence-corrected chi connectivity index (χ3v) is 4.07. The summed E-state index contributed by atoms with van der Waals surface area (Å²) < 4.78 is 44.9. The molecular weight excluding hydrogens is 317 g/mol. The van der Waals surface area contributed by atoms with E-state index in [4.69, 9.17) is 4.74 Å². The zero-order chi connectivity index (χ0) is 17.7. The molecule has 1 fully saturated rings. The van der Waals surface area contributed by atoms with Gasteiger partial charge in [-0.15, -0.1) is 0 Å². The van der Waals surface area contributed by atoms with E-state index in [-0.39, 0.29) is 0 Å². The van der Waals surface area contributed by atoms with Gasteiger partial charge in [0.1, 0.15) is 6.54 Å². The summed E-state index contributed by atoms with van der Waals surface area (Å²) >= 11 is 0. The molecule has 1 saturated heterocycles. The number of anilines is 1. The number of nitrogens with one attached hydrogen (secondary N) is 1. The van der Waals surface area contributed by atoms with E-state index in [0.717, 1.165) is 37.1 Å². The molecule has 0 unspecified atom stereocenters. The summed E-state index contributed by atoms with van der Waals surface area (Å²) in [6, 6.07) is 7.60. The number of ether oxygens (including phenoxy) is 1. The molecule has 0 bridgehead atoms. The fourth-order valence-corrected chi connectivity index (χ4v) is 2.99. The van der Waals surface area contributed by atoms with Gasteiger partial charge in [0.05, 0.1) is 5.52 Å². The topological polar surface area (TPSA) is 26.2 Å². The Labute approximate surface area is 140 Å². The summed E-state index contributed by atoms with van der Waals surface area (Å²) in [6.07, 6.45) is -2.39. The van der Waals surface area contributed by atoms with Crippen LogP contribution < -0.4 is 5.32 Å². The first-order valence-electron chi connectivity index (χ1n) is 8.44. The van der Waals surface area contributed by atoms with Gasteiger partial charge in [-0.05, 0) is 38.0 Å². The second-order valence-electron chi connectivity index (χ2n) is 5.76. The Bertz CT molecular complexity index is 658. The third-order valence-electron chi connectivity index (χ3n) is 4.07. The third kappa shape index (κ3) is 4.44. The van der Waals surface area contributed by atoms with E-state index in [1.165, 1.54) is 4.57 Å². The first kappa shape index (κ1) is 18.6. The van der Waals surface area contributed by atoms with Crippen molar-refractivity contribution in [2.75, 3.05) is 18.5 Å². The van der Waals surface area contributed by atoms with E-state index in [0.29, 0.717) is 17.3 Å². The number of hydrogen-bond acceptors (Lipinski definition) is 2. The summed E-state index contributed by atoms with van der Waals surface area (Å²) in [5.41, 5.74) is 2.13. The van der Waals surface area contributed by atoms with Crippen molar-refractivity contribution in [1.29, 1.82) is 0 Å². The van der Waals surface area contributed by atoms with Crippen LogP contribution in [0.5, 0.6) is 0 Å². The van der Waals surface area contributed by atoms with Crippen LogP contribution in [0.25, 0.3) is 10.9 Å². The van der Waals surface area contributed by atoms with E-state index < -0.39 is 12.7 Å². The molecule has 3 nitrogen and oxygen atoms in total. The van der Waals surface area contributed by atoms with Crippen molar-refractivity contribution in [2.45, 2.75) is 52.4 Å². The monoisotopic (exact) mass is 342 g/mol. The maximum Gasteiger partial charge on any atom is 0.406 e. The highest BCUT2D eigenvalue weighted by atomic mass is 19.4. The second kappa shape index (κ2) is 7.92. The average molecular weight is 342 g/mol. The zero-order valence-electron chi connectivity index (χ0n) is 14.4. The number of aryl methyl sites for hydroxylation is 1. The minimum absolute atomic E-state index is 0.311. The lowest BCUT2D eigenvalue weighted by Gasteiger charge is -2.24. The van der Waals surface area contributed by atoms with E-state index in [1.54, 1.807) is 19.1 Å². The Morgan fingerprint density at radius 1 is 1.21 bits per heavy atom. The number of alkyl halides is 3. The molecule has 1 aliphatic rings. The summed E-state index contributed by atoms with van der Waals surface area (Å²) in [6.45, 7) is 6.20. The number of benzene rings is 1. The van der Waals surface area contributed by atoms with Crippen LogP contribution in [-0.2, 0) is 11.3 Å². The smallest absolute Gasteiger partial charge is 0.382 e. The number of rotatable bonds is 3. The molecule has 0 atom stereocenters. The van der Waals surface area contributed by atoms with Gasteiger partial charge in [-0.1, -0.05) is 19.9 Å². The van der Waals surface area contributed by atoms with Crippen LogP contribution in [0, 0.1) is 6.92 Å². The zero-order valence-corrected chi connectivity index (χ0v) is 14.4. The van der Waals surface area contributed by atoms with Gasteiger partial charge in [-0.3, -0.25) is 0 Å². The second-order valence-corrected chi connectivity index (χ2v) is 5.76. The lowest BCUT2D eigenvalue weighted by atomic mass is 10.1. The van der Waals surface area contributed by atoms with Gasteiger partial charge >= 0.3 is 6.18 Å². The maximum atomic E-state index is 12.7. The Morgan fingerprint density at radius 2 is 1.88 bits per heavy atom. The highest BCUT2D eigenvalue weighted by Gasteiger charge is 2.29. The van der Waals surface area contributed by atoms with Crippen LogP contribution in [0.2, 0.25) is 0 Å². The van der Waals surface area contributed by atoms with E-state index in [2.05, 4.69) is 5.32 Å². The Morgan fingerprint density at radius 3 is 2.50 bits per heavy atom. The van der Waals surface area contributed by atoms with Crippen LogP contribution in [0.15, 0.2) is 24.3 Å². The molecular formula is C18H25F3N2O. The van der Waals surface area contributed by atoms with Crippen molar-refractivity contribution in [2.24, 2.45) is 0 Å². The Hall–Kier alpha value is -1.69. The first-order chi connectivity index (χ1) is 11.4. The van der Waals surface area contributed by atoms with E-state index >= 15 is 0 Å². The molecule has 0 spiro atoms. The number of aromatic nitrogens is 1. The number of fused-ring (bicyclic) bond motifs is 1. The molecule has 1 aromatic heterocycles. The highest BCUT2D eigenvalue weighted by Crippen LogP contribution is 2.30. The van der Waals surface area contributed by atoms with E-state index in [9.17, 15) is 13.2 Å². The predicted molar refractivity (Wildman–Crippen MR) is 91.5 cm³/mol. The molecule has 3 rings (SSSR count). The van der Waals surface area contributed by atoms with Crippen LogP contribution in [0.4, 0.5) is 18.9 Å². The van der Waals surface area contributed by atoms with Crippen molar-refractivity contribution in [1.82, 2.24) is 4.57 Å². The number of halogens is 3. The normalized spacial score (nSPS) is 15.9. The molecule has 2 aromatic rings. The quantitative estimate of drug-likeness (QED) is 0.837. The summed E-state index contributed by atoms with van der Waals surface area (Å²) in [4.78, 5) is 0. The summed E-state index contributed by atoms with van der Waals surface area (Å²) in [5.74, 6) is 0. The van der Waals surface area contributed by atoms with Gasteiger partial charge in [0.2, 0.25) is 0 Å². The largest absolute Gasteiger partial charge is 0.406 e. The average Bonchev–Trinajstić information content (AvgIpc) is 2.86. The van der Waals surface area contributed by atoms with Gasteiger partial charge in [0.25, 0.3) is 0 Å². The molecule has 0 saturated carbocycles. The standard InChI is InChI=1S/C16H19F3N2O.C2H6/c1-11-9-13-14(20-12-5-7-22-8-6-12)3-2-4-15(13)21(11)10-16(17,18)19;1-2/h2-4,9,12,20H,5-8,10H2,1H3;1-2H3. The Kier molecular flexibility index (Phi) is 6.15. The summed E-state index contributed by atoms with van der Waals surface area (Å²) in [5, 5.41) is 4.30. The van der Waals surface area contributed by atoms with Crippen molar-refractivity contribution >= 4 is 16.6 Å². The first-order valence-corrected chi connectivity index (χ1v) is 8.44. The molecule has 1 aromatic carbocycles. The van der Waals surface area contributed by atoms with Crippen molar-refractivity contribution in [3.63, 3.8) is 0 Å². The molecule has 6 heteroatoms. The van der Waals surface area contributed by atoms with Crippen molar-refractivity contribution in [3.05, 3.63) is 30.0 Å². The van der Waals surface area contributed by atoms with Gasteiger partial charge in [0, 0.05) is 36.0 Å². The van der Waals surface area contributed by atoms with Gasteiger partial charge in [-0.25, -0.2) is 0 Å². The molecule has 1 aliphatic heterocycles.